The van der Waals surface area contributed by atoms with Crippen molar-refractivity contribution in [2.75, 3.05) is 19.4 Å². The van der Waals surface area contributed by atoms with Crippen molar-refractivity contribution in [3.05, 3.63) is 34.9 Å². The first-order valence-corrected chi connectivity index (χ1v) is 7.88. The summed E-state index contributed by atoms with van der Waals surface area (Å²) in [7, 11) is -0.962. The molecule has 1 aromatic carbocycles. The van der Waals surface area contributed by atoms with E-state index in [1.54, 1.807) is 18.4 Å². The molecule has 0 spiro atoms. The Morgan fingerprint density at radius 1 is 1.50 bits per heavy atom. The summed E-state index contributed by atoms with van der Waals surface area (Å²) < 4.78 is 11.2. The minimum atomic E-state index is -0.962. The van der Waals surface area contributed by atoms with Crippen LogP contribution in [0.5, 0.6) is 0 Å². The first-order valence-electron chi connectivity index (χ1n) is 6.26. The molecule has 1 aromatic rings. The molecule has 0 radical (unpaired) electrons. The summed E-state index contributed by atoms with van der Waals surface area (Å²) in [6, 6.07) is 5.32. The Hall–Kier alpha value is -1.64. The molecule has 2 N–H and O–H groups in total. The summed E-state index contributed by atoms with van der Waals surface area (Å²) in [5.74, 6) is 5.12. The van der Waals surface area contributed by atoms with Crippen molar-refractivity contribution in [3.8, 4) is 11.8 Å². The minimum absolute atomic E-state index is 0.0865. The van der Waals surface area contributed by atoms with Gasteiger partial charge in [0.05, 0.1) is 0 Å². The maximum Gasteiger partial charge on any atom is 0.251 e. The second-order valence-electron chi connectivity index (χ2n) is 4.51. The average molecular weight is 293 g/mol. The quantitative estimate of drug-likeness (QED) is 0.808. The SMILES string of the molecule is Cc1ccc(C#CCO)cc1C(=O)NCC(C)S(C)=O. The Kier molecular flexibility index (Phi) is 6.43. The molecule has 0 aromatic heterocycles. The zero-order valence-corrected chi connectivity index (χ0v) is 12.7. The molecule has 4 nitrogen and oxygen atoms in total. The van der Waals surface area contributed by atoms with Crippen molar-refractivity contribution in [2.45, 2.75) is 19.1 Å². The van der Waals surface area contributed by atoms with E-state index in [0.29, 0.717) is 17.7 Å². The van der Waals surface area contributed by atoms with Crippen LogP contribution in [0.3, 0.4) is 0 Å². The molecule has 0 bridgehead atoms. The Morgan fingerprint density at radius 3 is 2.80 bits per heavy atom. The van der Waals surface area contributed by atoms with Crippen molar-refractivity contribution in [1.82, 2.24) is 5.32 Å². The molecule has 2 atom stereocenters. The lowest BCUT2D eigenvalue weighted by atomic mass is 10.0. The number of aliphatic hydroxyl groups is 1. The van der Waals surface area contributed by atoms with Gasteiger partial charge < -0.3 is 10.4 Å². The summed E-state index contributed by atoms with van der Waals surface area (Å²) in [6.07, 6.45) is 1.62. The van der Waals surface area contributed by atoms with Crippen molar-refractivity contribution in [1.29, 1.82) is 0 Å². The molecule has 108 valence electrons. The average Bonchev–Trinajstić information content (AvgIpc) is 2.43. The number of carbonyl (C=O) groups is 1. The molecule has 0 saturated heterocycles. The van der Waals surface area contributed by atoms with Crippen LogP contribution in [-0.4, -0.2) is 39.9 Å². The third-order valence-corrected chi connectivity index (χ3v) is 4.21. The van der Waals surface area contributed by atoms with E-state index in [1.165, 1.54) is 0 Å². The molecule has 1 rings (SSSR count). The standard InChI is InChI=1S/C15H19NO3S/c1-11-6-7-13(5-4-8-17)9-14(11)15(18)16-10-12(2)20(3)19/h6-7,9,12,17H,8,10H2,1-3H3,(H,16,18). The predicted molar refractivity (Wildman–Crippen MR) is 81.0 cm³/mol. The minimum Gasteiger partial charge on any atom is -0.384 e. The fourth-order valence-corrected chi connectivity index (χ4v) is 1.85. The summed E-state index contributed by atoms with van der Waals surface area (Å²) in [4.78, 5) is 12.1. The van der Waals surface area contributed by atoms with E-state index in [1.807, 2.05) is 19.9 Å². The molecule has 1 amide bonds. The highest BCUT2D eigenvalue weighted by Crippen LogP contribution is 2.10. The number of carbonyl (C=O) groups excluding carboxylic acids is 1. The summed E-state index contributed by atoms with van der Waals surface area (Å²) in [5, 5.41) is 11.4. The van der Waals surface area contributed by atoms with Gasteiger partial charge in [-0.05, 0) is 31.5 Å². The van der Waals surface area contributed by atoms with Crippen LogP contribution in [0.4, 0.5) is 0 Å². The van der Waals surface area contributed by atoms with Crippen molar-refractivity contribution < 1.29 is 14.1 Å². The van der Waals surface area contributed by atoms with Crippen molar-refractivity contribution >= 4 is 16.7 Å². The lowest BCUT2D eigenvalue weighted by molar-refractivity contribution is 0.0953. The number of benzene rings is 1. The van der Waals surface area contributed by atoms with Crippen LogP contribution in [0.2, 0.25) is 0 Å². The van der Waals surface area contributed by atoms with E-state index in [-0.39, 0.29) is 17.8 Å². The van der Waals surface area contributed by atoms with E-state index >= 15 is 0 Å². The van der Waals surface area contributed by atoms with Crippen LogP contribution in [-0.2, 0) is 10.8 Å². The fraction of sp³-hybridized carbons (Fsp3) is 0.400. The van der Waals surface area contributed by atoms with Crippen LogP contribution in [0.25, 0.3) is 0 Å². The highest BCUT2D eigenvalue weighted by atomic mass is 32.2. The van der Waals surface area contributed by atoms with Gasteiger partial charge in [-0.2, -0.15) is 0 Å². The number of amides is 1. The van der Waals surface area contributed by atoms with Gasteiger partial charge in [0.1, 0.15) is 6.61 Å². The molecule has 0 heterocycles. The van der Waals surface area contributed by atoms with Crippen LogP contribution in [0.1, 0.15) is 28.4 Å². The van der Waals surface area contributed by atoms with Gasteiger partial charge in [0.2, 0.25) is 0 Å². The van der Waals surface area contributed by atoms with Gasteiger partial charge in [-0.15, -0.1) is 0 Å². The Labute approximate surface area is 122 Å². The second kappa shape index (κ2) is 7.83. The lowest BCUT2D eigenvalue weighted by Gasteiger charge is -2.11. The number of hydrogen-bond donors (Lipinski definition) is 2. The molecule has 0 aliphatic carbocycles. The van der Waals surface area contributed by atoms with Crippen LogP contribution in [0.15, 0.2) is 18.2 Å². The van der Waals surface area contributed by atoms with E-state index in [4.69, 9.17) is 5.11 Å². The molecule has 20 heavy (non-hydrogen) atoms. The van der Waals surface area contributed by atoms with Gasteiger partial charge >= 0.3 is 0 Å². The van der Waals surface area contributed by atoms with E-state index in [0.717, 1.165) is 5.56 Å². The first-order chi connectivity index (χ1) is 9.45. The van der Waals surface area contributed by atoms with E-state index in [9.17, 15) is 9.00 Å². The number of hydrogen-bond acceptors (Lipinski definition) is 3. The molecule has 0 fully saturated rings. The van der Waals surface area contributed by atoms with Gasteiger partial charge in [-0.1, -0.05) is 17.9 Å². The Morgan fingerprint density at radius 2 is 2.20 bits per heavy atom. The van der Waals surface area contributed by atoms with Gasteiger partial charge in [-0.25, -0.2) is 0 Å². The summed E-state index contributed by atoms with van der Waals surface area (Å²) in [6.45, 7) is 3.83. The molecule has 0 aliphatic rings. The number of aryl methyl sites for hydroxylation is 1. The fourth-order valence-electron chi connectivity index (χ4n) is 1.53. The van der Waals surface area contributed by atoms with Crippen molar-refractivity contribution in [2.24, 2.45) is 0 Å². The summed E-state index contributed by atoms with van der Waals surface area (Å²) in [5.41, 5.74) is 2.08. The van der Waals surface area contributed by atoms with E-state index in [2.05, 4.69) is 17.2 Å². The maximum absolute atomic E-state index is 12.1. The molecular weight excluding hydrogens is 274 g/mol. The maximum atomic E-state index is 12.1. The van der Waals surface area contributed by atoms with Crippen LogP contribution in [0, 0.1) is 18.8 Å². The van der Waals surface area contributed by atoms with Crippen molar-refractivity contribution in [3.63, 3.8) is 0 Å². The lowest BCUT2D eigenvalue weighted by Crippen LogP contribution is -2.33. The number of aliphatic hydroxyl groups excluding tert-OH is 1. The molecule has 5 heteroatoms. The first kappa shape index (κ1) is 16.4. The molecule has 0 saturated carbocycles. The van der Waals surface area contributed by atoms with Gasteiger partial charge in [-0.3, -0.25) is 9.00 Å². The summed E-state index contributed by atoms with van der Waals surface area (Å²) >= 11 is 0. The van der Waals surface area contributed by atoms with Crippen LogP contribution >= 0.6 is 0 Å². The van der Waals surface area contributed by atoms with E-state index < -0.39 is 10.8 Å². The zero-order valence-electron chi connectivity index (χ0n) is 11.9. The largest absolute Gasteiger partial charge is 0.384 e. The molecular formula is C15H19NO3S. The van der Waals surface area contributed by atoms with Gasteiger partial charge in [0.25, 0.3) is 5.91 Å². The third kappa shape index (κ3) is 4.80. The predicted octanol–water partition coefficient (Wildman–Crippen LogP) is 0.836. The van der Waals surface area contributed by atoms with Gasteiger partial charge in [0, 0.05) is 40.0 Å². The van der Waals surface area contributed by atoms with Gasteiger partial charge in [0.15, 0.2) is 0 Å². The monoisotopic (exact) mass is 293 g/mol. The highest BCUT2D eigenvalue weighted by Gasteiger charge is 2.12. The second-order valence-corrected chi connectivity index (χ2v) is 6.31. The topological polar surface area (TPSA) is 66.4 Å². The molecule has 2 unspecified atom stereocenters. The zero-order chi connectivity index (χ0) is 15.1. The Bertz CT molecular complexity index is 572. The normalized spacial score (nSPS) is 13.0. The Balaban J connectivity index is 2.84. The third-order valence-electron chi connectivity index (χ3n) is 2.91. The van der Waals surface area contributed by atoms with Crippen LogP contribution < -0.4 is 5.32 Å². The number of rotatable bonds is 4. The highest BCUT2D eigenvalue weighted by molar-refractivity contribution is 7.84. The number of nitrogens with one attached hydrogen (secondary N) is 1. The smallest absolute Gasteiger partial charge is 0.251 e. The molecule has 0 aliphatic heterocycles.